The summed E-state index contributed by atoms with van der Waals surface area (Å²) in [5.74, 6) is 0.602. The second-order valence-electron chi connectivity index (χ2n) is 14.4. The molecule has 0 atom stereocenters. The summed E-state index contributed by atoms with van der Waals surface area (Å²) in [7, 11) is 0. The largest absolute Gasteiger partial charge is 0.455 e. The van der Waals surface area contributed by atoms with Crippen molar-refractivity contribution in [2.24, 2.45) is 0 Å². The van der Waals surface area contributed by atoms with Gasteiger partial charge in [0.15, 0.2) is 5.58 Å². The van der Waals surface area contributed by atoms with E-state index in [1.54, 1.807) is 0 Å². The van der Waals surface area contributed by atoms with Crippen LogP contribution in [0.1, 0.15) is 0 Å². The average Bonchev–Trinajstić information content (AvgIpc) is 3.87. The fourth-order valence-corrected chi connectivity index (χ4v) is 8.09. The zero-order valence-electron chi connectivity index (χ0n) is 30.8. The van der Waals surface area contributed by atoms with Crippen LogP contribution in [0.25, 0.3) is 88.6 Å². The lowest BCUT2D eigenvalue weighted by molar-refractivity contribution is 0.620. The zero-order valence-corrected chi connectivity index (χ0v) is 30.8. The maximum absolute atomic E-state index is 6.61. The molecule has 2 heterocycles. The molecule has 0 spiro atoms. The van der Waals surface area contributed by atoms with E-state index in [1.165, 1.54) is 33.0 Å². The van der Waals surface area contributed by atoms with Gasteiger partial charge >= 0.3 is 0 Å². The summed E-state index contributed by atoms with van der Waals surface area (Å²) in [6, 6.07) is 72.4. The monoisotopic (exact) mass is 730 g/mol. The number of rotatable bonds is 7. The Hall–Kier alpha value is -7.69. The summed E-state index contributed by atoms with van der Waals surface area (Å²) < 4.78 is 12.8. The lowest BCUT2D eigenvalue weighted by atomic mass is 9.98. The minimum atomic E-state index is 0.602. The predicted octanol–water partition coefficient (Wildman–Crippen LogP) is 15.0. The molecular formula is C53H34N2O2. The zero-order chi connectivity index (χ0) is 37.7. The molecule has 4 nitrogen and oxygen atoms in total. The molecule has 0 aliphatic carbocycles. The van der Waals surface area contributed by atoms with Crippen LogP contribution >= 0.6 is 0 Å². The van der Waals surface area contributed by atoms with Crippen LogP contribution in [0.3, 0.4) is 0 Å². The summed E-state index contributed by atoms with van der Waals surface area (Å²) >= 11 is 0. The third-order valence-electron chi connectivity index (χ3n) is 10.9. The first-order chi connectivity index (χ1) is 28.2. The molecular weight excluding hydrogens is 697 g/mol. The maximum atomic E-state index is 6.61. The number of aromatic nitrogens is 1. The van der Waals surface area contributed by atoms with Gasteiger partial charge in [0, 0.05) is 45.0 Å². The first-order valence-corrected chi connectivity index (χ1v) is 19.2. The van der Waals surface area contributed by atoms with Crippen molar-refractivity contribution >= 4 is 60.9 Å². The van der Waals surface area contributed by atoms with Gasteiger partial charge in [0.05, 0.1) is 0 Å². The van der Waals surface area contributed by atoms with E-state index in [2.05, 4.69) is 175 Å². The maximum Gasteiger partial charge on any atom is 0.227 e. The number of para-hydroxylation sites is 1. The van der Waals surface area contributed by atoms with E-state index in [-0.39, 0.29) is 0 Å². The second-order valence-corrected chi connectivity index (χ2v) is 14.4. The Morgan fingerprint density at radius 1 is 0.351 bits per heavy atom. The van der Waals surface area contributed by atoms with E-state index in [9.17, 15) is 0 Å². The molecule has 0 unspecified atom stereocenters. The summed E-state index contributed by atoms with van der Waals surface area (Å²) in [5, 5.41) is 4.53. The van der Waals surface area contributed by atoms with Crippen LogP contribution in [0.15, 0.2) is 215 Å². The highest BCUT2D eigenvalue weighted by atomic mass is 16.4. The van der Waals surface area contributed by atoms with E-state index in [0.717, 1.165) is 66.8 Å². The second kappa shape index (κ2) is 13.6. The van der Waals surface area contributed by atoms with Crippen LogP contribution in [0.4, 0.5) is 17.1 Å². The molecule has 0 aliphatic heterocycles. The van der Waals surface area contributed by atoms with Gasteiger partial charge in [-0.3, -0.25) is 0 Å². The van der Waals surface area contributed by atoms with E-state index in [0.29, 0.717) is 5.89 Å². The van der Waals surface area contributed by atoms with Crippen LogP contribution in [-0.2, 0) is 0 Å². The van der Waals surface area contributed by atoms with Gasteiger partial charge < -0.3 is 13.7 Å². The van der Waals surface area contributed by atoms with Gasteiger partial charge in [-0.25, -0.2) is 4.98 Å². The number of hydrogen-bond acceptors (Lipinski definition) is 4. The van der Waals surface area contributed by atoms with Crippen LogP contribution in [0, 0.1) is 0 Å². The number of anilines is 3. The third-order valence-corrected chi connectivity index (χ3v) is 10.9. The van der Waals surface area contributed by atoms with Crippen molar-refractivity contribution in [2.75, 3.05) is 4.90 Å². The summed E-state index contributed by atoms with van der Waals surface area (Å²) in [4.78, 5) is 7.10. The molecule has 4 heteroatoms. The van der Waals surface area contributed by atoms with E-state index < -0.39 is 0 Å². The molecule has 0 radical (unpaired) electrons. The van der Waals surface area contributed by atoms with Crippen molar-refractivity contribution in [3.05, 3.63) is 206 Å². The molecule has 268 valence electrons. The number of nitrogens with zero attached hydrogens (tertiary/aromatic N) is 2. The third kappa shape index (κ3) is 5.83. The van der Waals surface area contributed by atoms with Gasteiger partial charge in [-0.05, 0) is 93.2 Å². The molecule has 0 bridgehead atoms. The molecule has 0 saturated heterocycles. The normalized spacial score (nSPS) is 11.5. The van der Waals surface area contributed by atoms with Crippen molar-refractivity contribution in [1.82, 2.24) is 4.98 Å². The van der Waals surface area contributed by atoms with Gasteiger partial charge in [-0.1, -0.05) is 146 Å². The molecule has 11 aromatic rings. The number of fused-ring (bicyclic) bond motifs is 5. The highest BCUT2D eigenvalue weighted by Crippen LogP contribution is 2.41. The Bertz CT molecular complexity index is 3200. The number of hydrogen-bond donors (Lipinski definition) is 0. The van der Waals surface area contributed by atoms with Gasteiger partial charge in [0.25, 0.3) is 0 Å². The van der Waals surface area contributed by atoms with E-state index in [4.69, 9.17) is 13.8 Å². The highest BCUT2D eigenvalue weighted by molar-refractivity contribution is 6.12. The lowest BCUT2D eigenvalue weighted by Crippen LogP contribution is -2.09. The van der Waals surface area contributed by atoms with E-state index in [1.807, 2.05) is 36.4 Å². The quantitative estimate of drug-likeness (QED) is 0.164. The molecule has 11 rings (SSSR count). The Balaban J connectivity index is 0.970. The minimum absolute atomic E-state index is 0.602. The first kappa shape index (κ1) is 32.7. The van der Waals surface area contributed by atoms with Crippen LogP contribution < -0.4 is 4.90 Å². The highest BCUT2D eigenvalue weighted by Gasteiger charge is 2.18. The average molecular weight is 731 g/mol. The fourth-order valence-electron chi connectivity index (χ4n) is 8.09. The van der Waals surface area contributed by atoms with Crippen LogP contribution in [0.2, 0.25) is 0 Å². The topological polar surface area (TPSA) is 42.4 Å². The SMILES string of the molecule is c1ccc(-c2ccc(N(c3ccc(-c4cccc5ccccc45)cc3)c3ccc(-c4cccc5c4oc4cc6nc(-c7ccccc7)oc6cc45)cc3)cc2)cc1. The van der Waals surface area contributed by atoms with Crippen molar-refractivity contribution in [2.45, 2.75) is 0 Å². The summed E-state index contributed by atoms with van der Waals surface area (Å²) in [5.41, 5.74) is 14.2. The Kier molecular flexibility index (Phi) is 7.78. The molecule has 9 aromatic carbocycles. The van der Waals surface area contributed by atoms with Crippen molar-refractivity contribution in [1.29, 1.82) is 0 Å². The van der Waals surface area contributed by atoms with Gasteiger partial charge in [0.1, 0.15) is 16.7 Å². The predicted molar refractivity (Wildman–Crippen MR) is 235 cm³/mol. The number of furan rings is 1. The molecule has 0 N–H and O–H groups in total. The Morgan fingerprint density at radius 2 is 0.877 bits per heavy atom. The molecule has 0 fully saturated rings. The number of benzene rings is 9. The summed E-state index contributed by atoms with van der Waals surface area (Å²) in [6.07, 6.45) is 0. The Morgan fingerprint density at radius 3 is 1.58 bits per heavy atom. The first-order valence-electron chi connectivity index (χ1n) is 19.2. The van der Waals surface area contributed by atoms with E-state index >= 15 is 0 Å². The van der Waals surface area contributed by atoms with Gasteiger partial charge in [-0.2, -0.15) is 0 Å². The molecule has 0 aliphatic rings. The van der Waals surface area contributed by atoms with Gasteiger partial charge in [0.2, 0.25) is 5.89 Å². The number of oxazole rings is 1. The lowest BCUT2D eigenvalue weighted by Gasteiger charge is -2.26. The van der Waals surface area contributed by atoms with Gasteiger partial charge in [-0.15, -0.1) is 0 Å². The smallest absolute Gasteiger partial charge is 0.227 e. The van der Waals surface area contributed by atoms with Crippen molar-refractivity contribution in [3.63, 3.8) is 0 Å². The van der Waals surface area contributed by atoms with Crippen LogP contribution in [-0.4, -0.2) is 4.98 Å². The fraction of sp³-hybridized carbons (Fsp3) is 0. The molecule has 57 heavy (non-hydrogen) atoms. The van der Waals surface area contributed by atoms with Crippen molar-refractivity contribution in [3.8, 4) is 44.8 Å². The summed E-state index contributed by atoms with van der Waals surface area (Å²) in [6.45, 7) is 0. The standard InChI is InChI=1S/C53H34N2O2/c1-3-11-35(12-4-1)36-21-27-41(28-22-36)55(42-29-23-38(24-30-42)45-18-9-16-37-13-7-8-17-44(37)45)43-31-25-39(26-32-43)46-19-10-20-47-48-33-51-49(34-50(48)56-52(46)47)54-53(57-51)40-14-5-2-6-15-40/h1-34H. The van der Waals surface area contributed by atoms with Crippen LogP contribution in [0.5, 0.6) is 0 Å². The molecule has 2 aromatic heterocycles. The minimum Gasteiger partial charge on any atom is -0.455 e. The molecule has 0 amide bonds. The van der Waals surface area contributed by atoms with Crippen molar-refractivity contribution < 1.29 is 8.83 Å². The molecule has 0 saturated carbocycles. The Labute approximate surface area is 329 Å².